The first-order valence-corrected chi connectivity index (χ1v) is 11.4. The van der Waals surface area contributed by atoms with Gasteiger partial charge in [0.25, 0.3) is 0 Å². The highest BCUT2D eigenvalue weighted by atomic mass is 79.9. The van der Waals surface area contributed by atoms with E-state index in [1.165, 1.54) is 0 Å². The highest BCUT2D eigenvalue weighted by Crippen LogP contribution is 2.48. The molecular weight excluding hydrogens is 460 g/mol. The Hall–Kier alpha value is -2.09. The number of allylic oxidation sites excluding steroid dienone is 4. The number of carbonyl (C=O) groups excluding carboxylic acids is 1. The van der Waals surface area contributed by atoms with Gasteiger partial charge in [-0.1, -0.05) is 13.8 Å². The number of aromatic amines is 1. The van der Waals surface area contributed by atoms with Crippen molar-refractivity contribution in [3.05, 3.63) is 50.8 Å². The molecule has 1 fully saturated rings. The number of halogens is 1. The number of H-pyrrole nitrogens is 1. The number of Topliss-reactive ketones (excluding diaryl/α,β-unsaturated/α-hetero) is 1. The standard InChI is InChI=1S/C24H27BrN2O4/c1-23(2)16-9-12(29-10-13-11-30-24(3,4)31-13)5-6-14(16)21(28)18-15-7-8-17(26)19(25)20(15)27-22(18)23/h7-9,13,27H,5-6,10-11,26H2,1-4H3/t13-/m1/s1. The molecule has 1 aliphatic heterocycles. The van der Waals surface area contributed by atoms with E-state index in [0.29, 0.717) is 31.7 Å². The first-order valence-electron chi connectivity index (χ1n) is 10.6. The molecule has 0 unspecified atom stereocenters. The summed E-state index contributed by atoms with van der Waals surface area (Å²) in [6, 6.07) is 3.77. The first kappa shape index (κ1) is 20.8. The van der Waals surface area contributed by atoms with Crippen molar-refractivity contribution in [1.82, 2.24) is 4.98 Å². The Labute approximate surface area is 189 Å². The fourth-order valence-electron chi connectivity index (χ4n) is 4.89. The predicted molar refractivity (Wildman–Crippen MR) is 123 cm³/mol. The van der Waals surface area contributed by atoms with E-state index in [-0.39, 0.29) is 17.3 Å². The summed E-state index contributed by atoms with van der Waals surface area (Å²) in [5.41, 5.74) is 10.8. The van der Waals surface area contributed by atoms with Gasteiger partial charge in [-0.2, -0.15) is 0 Å². The van der Waals surface area contributed by atoms with Crippen molar-refractivity contribution < 1.29 is 19.0 Å². The molecule has 2 heterocycles. The van der Waals surface area contributed by atoms with Crippen LogP contribution in [0.4, 0.5) is 5.69 Å². The molecule has 1 saturated heterocycles. The van der Waals surface area contributed by atoms with Crippen LogP contribution in [0.3, 0.4) is 0 Å². The van der Waals surface area contributed by atoms with Gasteiger partial charge >= 0.3 is 0 Å². The monoisotopic (exact) mass is 486 g/mol. The van der Waals surface area contributed by atoms with Gasteiger partial charge in [-0.05, 0) is 60.0 Å². The van der Waals surface area contributed by atoms with E-state index in [9.17, 15) is 4.79 Å². The average Bonchev–Trinajstić information content (AvgIpc) is 3.28. The quantitative estimate of drug-likeness (QED) is 0.587. The second-order valence-corrected chi connectivity index (χ2v) is 10.3. The summed E-state index contributed by atoms with van der Waals surface area (Å²) in [5, 5.41) is 0.910. The van der Waals surface area contributed by atoms with Crippen LogP contribution in [0, 0.1) is 0 Å². The highest BCUT2D eigenvalue weighted by molar-refractivity contribution is 9.10. The third kappa shape index (κ3) is 3.25. The highest BCUT2D eigenvalue weighted by Gasteiger charge is 2.42. The van der Waals surface area contributed by atoms with E-state index in [1.54, 1.807) is 0 Å². The summed E-state index contributed by atoms with van der Waals surface area (Å²) in [4.78, 5) is 17.0. The van der Waals surface area contributed by atoms with Gasteiger partial charge in [-0.3, -0.25) is 4.79 Å². The maximum absolute atomic E-state index is 13.5. The smallest absolute Gasteiger partial charge is 0.191 e. The van der Waals surface area contributed by atoms with Crippen LogP contribution in [-0.4, -0.2) is 35.9 Å². The van der Waals surface area contributed by atoms with Crippen molar-refractivity contribution in [2.24, 2.45) is 0 Å². The van der Waals surface area contributed by atoms with Crippen molar-refractivity contribution in [3.63, 3.8) is 0 Å². The lowest BCUT2D eigenvalue weighted by molar-refractivity contribution is -0.143. The normalized spacial score (nSPS) is 24.2. The molecule has 7 heteroatoms. The number of benzene rings is 1. The lowest BCUT2D eigenvalue weighted by atomic mass is 9.68. The van der Waals surface area contributed by atoms with E-state index in [0.717, 1.165) is 43.5 Å². The van der Waals surface area contributed by atoms with Crippen LogP contribution in [0.2, 0.25) is 0 Å². The lowest BCUT2D eigenvalue weighted by Crippen LogP contribution is -2.32. The van der Waals surface area contributed by atoms with E-state index in [4.69, 9.17) is 19.9 Å². The Morgan fingerprint density at radius 3 is 2.74 bits per heavy atom. The maximum Gasteiger partial charge on any atom is 0.191 e. The summed E-state index contributed by atoms with van der Waals surface area (Å²) in [7, 11) is 0. The van der Waals surface area contributed by atoms with Crippen LogP contribution >= 0.6 is 15.9 Å². The van der Waals surface area contributed by atoms with Crippen LogP contribution in [0.5, 0.6) is 0 Å². The molecule has 1 atom stereocenters. The second-order valence-electron chi connectivity index (χ2n) is 9.49. The largest absolute Gasteiger partial charge is 0.495 e. The summed E-state index contributed by atoms with van der Waals surface area (Å²) >= 11 is 3.58. The van der Waals surface area contributed by atoms with E-state index < -0.39 is 5.79 Å². The first-order chi connectivity index (χ1) is 14.6. The zero-order valence-electron chi connectivity index (χ0n) is 18.2. The van der Waals surface area contributed by atoms with Gasteiger partial charge in [0.15, 0.2) is 11.6 Å². The third-order valence-corrected chi connectivity index (χ3v) is 7.37. The zero-order valence-corrected chi connectivity index (χ0v) is 19.8. The number of fused-ring (bicyclic) bond motifs is 3. The number of hydrogen-bond acceptors (Lipinski definition) is 5. The number of carbonyl (C=O) groups is 1. The van der Waals surface area contributed by atoms with Gasteiger partial charge in [-0.15, -0.1) is 0 Å². The van der Waals surface area contributed by atoms with Crippen LogP contribution in [0.15, 0.2) is 39.6 Å². The fourth-order valence-corrected chi connectivity index (χ4v) is 5.34. The summed E-state index contributed by atoms with van der Waals surface area (Å²) in [6.07, 6.45) is 3.33. The Morgan fingerprint density at radius 1 is 1.26 bits per heavy atom. The number of rotatable bonds is 3. The van der Waals surface area contributed by atoms with Gasteiger partial charge in [0.2, 0.25) is 0 Å². The van der Waals surface area contributed by atoms with Crippen molar-refractivity contribution in [2.75, 3.05) is 18.9 Å². The van der Waals surface area contributed by atoms with Crippen molar-refractivity contribution in [2.45, 2.75) is 57.8 Å². The minimum absolute atomic E-state index is 0.0876. The molecule has 0 amide bonds. The molecule has 0 radical (unpaired) electrons. The molecule has 1 aromatic heterocycles. The number of hydrogen-bond donors (Lipinski definition) is 2. The number of nitrogen functional groups attached to an aromatic ring is 1. The minimum Gasteiger partial charge on any atom is -0.495 e. The number of aromatic nitrogens is 1. The predicted octanol–water partition coefficient (Wildman–Crippen LogP) is 5.13. The fraction of sp³-hybridized carbons (Fsp3) is 0.458. The Bertz CT molecular complexity index is 1170. The molecular formula is C24H27BrN2O4. The number of anilines is 1. The maximum atomic E-state index is 13.5. The van der Waals surface area contributed by atoms with Crippen LogP contribution in [0.1, 0.15) is 56.6 Å². The molecule has 6 nitrogen and oxygen atoms in total. The topological polar surface area (TPSA) is 86.6 Å². The summed E-state index contributed by atoms with van der Waals surface area (Å²) < 4.78 is 18.4. The molecule has 3 aliphatic rings. The molecule has 0 saturated carbocycles. The van der Waals surface area contributed by atoms with Gasteiger partial charge < -0.3 is 24.9 Å². The summed E-state index contributed by atoms with van der Waals surface area (Å²) in [6.45, 7) is 9.07. The molecule has 5 rings (SSSR count). The van der Waals surface area contributed by atoms with Crippen molar-refractivity contribution in [3.8, 4) is 0 Å². The molecule has 164 valence electrons. The van der Waals surface area contributed by atoms with Crippen LogP contribution in [0.25, 0.3) is 10.9 Å². The van der Waals surface area contributed by atoms with E-state index in [2.05, 4.69) is 40.8 Å². The third-order valence-electron chi connectivity index (χ3n) is 6.51. The molecule has 31 heavy (non-hydrogen) atoms. The van der Waals surface area contributed by atoms with E-state index >= 15 is 0 Å². The molecule has 0 spiro atoms. The van der Waals surface area contributed by atoms with Gasteiger partial charge in [-0.25, -0.2) is 0 Å². The number of ketones is 1. The number of ether oxygens (including phenoxy) is 3. The molecule has 3 N–H and O–H groups in total. The average molecular weight is 487 g/mol. The van der Waals surface area contributed by atoms with E-state index in [1.807, 2.05) is 26.0 Å². The lowest BCUT2D eigenvalue weighted by Gasteiger charge is -2.35. The summed E-state index contributed by atoms with van der Waals surface area (Å²) in [5.74, 6) is 0.418. The molecule has 1 aromatic carbocycles. The molecule has 0 bridgehead atoms. The Balaban J connectivity index is 1.49. The Morgan fingerprint density at radius 2 is 2.03 bits per heavy atom. The van der Waals surface area contributed by atoms with Crippen molar-refractivity contribution >= 4 is 38.3 Å². The SMILES string of the molecule is CC1(C)OC[C@@H](COC2=CC3=C(CC2)C(=O)c2c([nH]c4c(Br)c(N)ccc24)C3(C)C)O1. The van der Waals surface area contributed by atoms with Crippen LogP contribution < -0.4 is 5.73 Å². The van der Waals surface area contributed by atoms with Crippen molar-refractivity contribution in [1.29, 1.82) is 0 Å². The number of nitrogens with two attached hydrogens (primary N) is 1. The second kappa shape index (κ2) is 6.95. The van der Waals surface area contributed by atoms with Crippen LogP contribution in [-0.2, 0) is 19.6 Å². The van der Waals surface area contributed by atoms with Gasteiger partial charge in [0, 0.05) is 34.2 Å². The Kier molecular flexibility index (Phi) is 4.66. The van der Waals surface area contributed by atoms with Gasteiger partial charge in [0.05, 0.1) is 27.9 Å². The minimum atomic E-state index is -0.563. The van der Waals surface area contributed by atoms with Gasteiger partial charge in [0.1, 0.15) is 12.7 Å². The zero-order chi connectivity index (χ0) is 22.1. The number of nitrogens with one attached hydrogen (secondary N) is 1. The molecule has 2 aliphatic carbocycles. The molecule has 2 aromatic rings.